The summed E-state index contributed by atoms with van der Waals surface area (Å²) in [6.45, 7) is 2.03. The molecule has 4 N–H and O–H groups in total. The molecule has 0 bridgehead atoms. The summed E-state index contributed by atoms with van der Waals surface area (Å²) in [6.07, 6.45) is 0.844. The monoisotopic (exact) mass is 202 g/mol. The van der Waals surface area contributed by atoms with Crippen LogP contribution in [-0.4, -0.2) is 27.7 Å². The summed E-state index contributed by atoms with van der Waals surface area (Å²) < 4.78 is 0. The topological polar surface area (TPSA) is 84.1 Å². The van der Waals surface area contributed by atoms with Gasteiger partial charge in [-0.2, -0.15) is 0 Å². The number of aromatic nitrogens is 2. The molecule has 0 fully saturated rings. The van der Waals surface area contributed by atoms with Crippen molar-refractivity contribution in [2.75, 3.05) is 17.6 Å². The van der Waals surface area contributed by atoms with Crippen molar-refractivity contribution in [1.29, 1.82) is 0 Å². The first-order valence-electron chi connectivity index (χ1n) is 3.79. The molecule has 1 aromatic rings. The molecule has 0 radical (unpaired) electrons. The van der Waals surface area contributed by atoms with Gasteiger partial charge in [0.15, 0.2) is 11.0 Å². The van der Waals surface area contributed by atoms with Gasteiger partial charge in [0.2, 0.25) is 0 Å². The highest BCUT2D eigenvalue weighted by atomic mass is 35.5. The van der Waals surface area contributed by atoms with E-state index in [1.807, 2.05) is 0 Å². The van der Waals surface area contributed by atoms with E-state index in [4.69, 9.17) is 22.4 Å². The van der Waals surface area contributed by atoms with Crippen LogP contribution in [0, 0.1) is 0 Å². The van der Waals surface area contributed by atoms with E-state index in [2.05, 4.69) is 15.3 Å². The minimum atomic E-state index is -0.465. The molecule has 5 nitrogen and oxygen atoms in total. The fraction of sp³-hybridized carbons (Fsp3) is 0.429. The third-order valence-electron chi connectivity index (χ3n) is 1.40. The lowest BCUT2D eigenvalue weighted by atomic mass is 10.4. The van der Waals surface area contributed by atoms with E-state index in [9.17, 15) is 0 Å². The maximum Gasteiger partial charge on any atom is 0.157 e. The van der Waals surface area contributed by atoms with E-state index in [-0.39, 0.29) is 5.15 Å². The summed E-state index contributed by atoms with van der Waals surface area (Å²) in [4.78, 5) is 7.56. The van der Waals surface area contributed by atoms with Gasteiger partial charge in [0.05, 0.1) is 6.10 Å². The van der Waals surface area contributed by atoms with E-state index < -0.39 is 6.10 Å². The van der Waals surface area contributed by atoms with Gasteiger partial charge in [0, 0.05) is 6.54 Å². The van der Waals surface area contributed by atoms with E-state index in [1.165, 1.54) is 6.33 Å². The van der Waals surface area contributed by atoms with Crippen LogP contribution < -0.4 is 11.1 Å². The predicted octanol–water partition coefficient (Wildman–Crippen LogP) is 0.505. The maximum atomic E-state index is 8.99. The Bertz CT molecular complexity index is 292. The molecule has 0 aliphatic carbocycles. The summed E-state index contributed by atoms with van der Waals surface area (Å²) in [6, 6.07) is 0. The molecule has 0 aliphatic rings. The van der Waals surface area contributed by atoms with Gasteiger partial charge < -0.3 is 16.2 Å². The van der Waals surface area contributed by atoms with Crippen molar-refractivity contribution in [2.45, 2.75) is 13.0 Å². The van der Waals surface area contributed by atoms with Gasteiger partial charge in [-0.1, -0.05) is 11.6 Å². The van der Waals surface area contributed by atoms with Crippen LogP contribution >= 0.6 is 11.6 Å². The number of rotatable bonds is 3. The number of nitrogens with one attached hydrogen (secondary N) is 1. The molecule has 0 aromatic carbocycles. The Morgan fingerprint density at radius 2 is 2.38 bits per heavy atom. The van der Waals surface area contributed by atoms with E-state index in [1.54, 1.807) is 6.92 Å². The number of hydrogen-bond acceptors (Lipinski definition) is 5. The fourth-order valence-corrected chi connectivity index (χ4v) is 0.892. The number of aliphatic hydroxyl groups is 1. The molecule has 1 aromatic heterocycles. The molecular formula is C7H11ClN4O. The fourth-order valence-electron chi connectivity index (χ4n) is 0.759. The van der Waals surface area contributed by atoms with Crippen LogP contribution in [0.5, 0.6) is 0 Å². The van der Waals surface area contributed by atoms with Crippen molar-refractivity contribution < 1.29 is 5.11 Å². The number of nitrogens with two attached hydrogens (primary N) is 1. The zero-order chi connectivity index (χ0) is 9.84. The second kappa shape index (κ2) is 4.25. The Hall–Kier alpha value is -1.07. The van der Waals surface area contributed by atoms with Gasteiger partial charge in [0.1, 0.15) is 12.0 Å². The molecule has 13 heavy (non-hydrogen) atoms. The largest absolute Gasteiger partial charge is 0.393 e. The third-order valence-corrected chi connectivity index (χ3v) is 1.70. The number of nitrogen functional groups attached to an aromatic ring is 1. The summed E-state index contributed by atoms with van der Waals surface area (Å²) >= 11 is 5.65. The first kappa shape index (κ1) is 10.0. The van der Waals surface area contributed by atoms with E-state index in [0.717, 1.165) is 0 Å². The molecule has 1 heterocycles. The molecule has 0 unspecified atom stereocenters. The molecule has 0 spiro atoms. The first-order valence-corrected chi connectivity index (χ1v) is 4.17. The van der Waals surface area contributed by atoms with Crippen molar-refractivity contribution in [3.8, 4) is 0 Å². The molecular weight excluding hydrogens is 192 g/mol. The first-order chi connectivity index (χ1) is 6.11. The van der Waals surface area contributed by atoms with Crippen molar-refractivity contribution in [3.63, 3.8) is 0 Å². The van der Waals surface area contributed by atoms with Gasteiger partial charge in [-0.25, -0.2) is 9.97 Å². The van der Waals surface area contributed by atoms with Gasteiger partial charge >= 0.3 is 0 Å². The Morgan fingerprint density at radius 1 is 1.69 bits per heavy atom. The van der Waals surface area contributed by atoms with E-state index >= 15 is 0 Å². The Labute approximate surface area is 81.0 Å². The van der Waals surface area contributed by atoms with Crippen LogP contribution in [0.4, 0.5) is 11.5 Å². The zero-order valence-electron chi connectivity index (χ0n) is 7.16. The standard InChI is InChI=1S/C7H11ClN4O/c1-4(13)2-10-7-5(9)6(8)11-3-12-7/h3-4,13H,2,9H2,1H3,(H,10,11,12)/t4-/m0/s1. The highest BCUT2D eigenvalue weighted by Gasteiger charge is 2.05. The lowest BCUT2D eigenvalue weighted by Crippen LogP contribution is -2.17. The number of hydrogen-bond donors (Lipinski definition) is 3. The van der Waals surface area contributed by atoms with Gasteiger partial charge in [-0.15, -0.1) is 0 Å². The quantitative estimate of drug-likeness (QED) is 0.622. The Kier molecular flexibility index (Phi) is 3.27. The highest BCUT2D eigenvalue weighted by molar-refractivity contribution is 6.32. The van der Waals surface area contributed by atoms with Crippen molar-refractivity contribution in [2.24, 2.45) is 0 Å². The summed E-state index contributed by atoms with van der Waals surface area (Å²) in [5.41, 5.74) is 5.86. The van der Waals surface area contributed by atoms with Crippen LogP contribution in [-0.2, 0) is 0 Å². The average Bonchev–Trinajstić information content (AvgIpc) is 2.07. The number of halogens is 1. The van der Waals surface area contributed by atoms with Crippen LogP contribution in [0.3, 0.4) is 0 Å². The maximum absolute atomic E-state index is 8.99. The number of nitrogens with zero attached hydrogens (tertiary/aromatic N) is 2. The molecule has 0 aliphatic heterocycles. The van der Waals surface area contributed by atoms with E-state index in [0.29, 0.717) is 18.1 Å². The minimum Gasteiger partial charge on any atom is -0.393 e. The van der Waals surface area contributed by atoms with Crippen LogP contribution in [0.25, 0.3) is 0 Å². The van der Waals surface area contributed by atoms with Crippen LogP contribution in [0.15, 0.2) is 6.33 Å². The lowest BCUT2D eigenvalue weighted by molar-refractivity contribution is 0.208. The molecule has 0 saturated heterocycles. The molecule has 6 heteroatoms. The summed E-state index contributed by atoms with van der Waals surface area (Å²) in [5.74, 6) is 0.445. The highest BCUT2D eigenvalue weighted by Crippen LogP contribution is 2.21. The number of aliphatic hydroxyl groups excluding tert-OH is 1. The Morgan fingerprint density at radius 3 is 3.00 bits per heavy atom. The third kappa shape index (κ3) is 2.71. The average molecular weight is 203 g/mol. The second-order valence-corrected chi connectivity index (χ2v) is 3.01. The second-order valence-electron chi connectivity index (χ2n) is 2.66. The summed E-state index contributed by atoms with van der Waals surface area (Å²) in [7, 11) is 0. The Balaban J connectivity index is 2.71. The van der Waals surface area contributed by atoms with Crippen molar-refractivity contribution >= 4 is 23.1 Å². The minimum absolute atomic E-state index is 0.211. The number of anilines is 2. The molecule has 1 rings (SSSR count). The van der Waals surface area contributed by atoms with Gasteiger partial charge in [0.25, 0.3) is 0 Å². The lowest BCUT2D eigenvalue weighted by Gasteiger charge is -2.09. The predicted molar refractivity (Wildman–Crippen MR) is 51.6 cm³/mol. The molecule has 1 atom stereocenters. The zero-order valence-corrected chi connectivity index (χ0v) is 7.91. The van der Waals surface area contributed by atoms with Gasteiger partial charge in [-0.05, 0) is 6.92 Å². The van der Waals surface area contributed by atoms with Crippen LogP contribution in [0.1, 0.15) is 6.92 Å². The van der Waals surface area contributed by atoms with Gasteiger partial charge in [-0.3, -0.25) is 0 Å². The van der Waals surface area contributed by atoms with Crippen molar-refractivity contribution in [1.82, 2.24) is 9.97 Å². The smallest absolute Gasteiger partial charge is 0.157 e. The molecule has 0 saturated carbocycles. The normalized spacial score (nSPS) is 12.5. The molecule has 0 amide bonds. The van der Waals surface area contributed by atoms with Crippen LogP contribution in [0.2, 0.25) is 5.15 Å². The SMILES string of the molecule is C[C@H](O)CNc1ncnc(Cl)c1N. The summed E-state index contributed by atoms with van der Waals surface area (Å²) in [5, 5.41) is 12.0. The van der Waals surface area contributed by atoms with Crippen molar-refractivity contribution in [3.05, 3.63) is 11.5 Å². The molecule has 72 valence electrons.